The van der Waals surface area contributed by atoms with Crippen molar-refractivity contribution in [3.8, 4) is 0 Å². The Hall–Kier alpha value is -1.99. The van der Waals surface area contributed by atoms with Crippen molar-refractivity contribution in [2.45, 2.75) is 71.8 Å². The van der Waals surface area contributed by atoms with Crippen LogP contribution in [0, 0.1) is 11.2 Å². The average molecular weight is 464 g/mol. The Kier molecular flexibility index (Phi) is 11.3. The van der Waals surface area contributed by atoms with E-state index >= 15 is 0 Å². The van der Waals surface area contributed by atoms with Gasteiger partial charge in [0.15, 0.2) is 0 Å². The number of Topliss-reactive ketones (excluding diaryl/α,β-unsaturated/α-hetero) is 1. The molecule has 0 saturated carbocycles. The number of carbonyl (C=O) groups is 2. The lowest BCUT2D eigenvalue weighted by molar-refractivity contribution is -0.149. The van der Waals surface area contributed by atoms with Gasteiger partial charge in [-0.25, -0.2) is 4.39 Å². The molecule has 2 unspecified atom stereocenters. The van der Waals surface area contributed by atoms with Crippen molar-refractivity contribution in [3.05, 3.63) is 30.1 Å². The number of ketones is 1. The standard InChI is InChI=1S/C23H35FN2O2.C3H7NO/c1-3-5-12-23(11-4-2)18-21(28-22(23)27)10-13-25-14-16-26(17-15-25)20-8-6-19(24)7-9-20;1-3(5)2-4/h6-9,21H,3-5,10-18H2,1-2H3;2,4H2,1H3. The maximum absolute atomic E-state index is 13.1. The van der Waals surface area contributed by atoms with E-state index in [0.717, 1.165) is 83.4 Å². The number of nitrogens with zero attached hydrogens (tertiary/aromatic N) is 2. The van der Waals surface area contributed by atoms with E-state index in [1.54, 1.807) is 0 Å². The number of rotatable bonds is 10. The van der Waals surface area contributed by atoms with Crippen LogP contribution in [0.25, 0.3) is 0 Å². The normalized spacial score (nSPS) is 23.1. The van der Waals surface area contributed by atoms with Gasteiger partial charge in [-0.2, -0.15) is 0 Å². The van der Waals surface area contributed by atoms with Gasteiger partial charge in [0.05, 0.1) is 12.0 Å². The van der Waals surface area contributed by atoms with Gasteiger partial charge in [0.25, 0.3) is 0 Å². The number of halogens is 1. The van der Waals surface area contributed by atoms with Crippen LogP contribution in [-0.2, 0) is 14.3 Å². The number of hydrogen-bond donors (Lipinski definition) is 1. The second kappa shape index (κ2) is 13.7. The number of ether oxygens (including phenoxy) is 1. The molecule has 1 aromatic carbocycles. The molecule has 2 heterocycles. The van der Waals surface area contributed by atoms with Crippen molar-refractivity contribution >= 4 is 17.4 Å². The Morgan fingerprint density at radius 1 is 1.12 bits per heavy atom. The Bertz CT molecular complexity index is 735. The van der Waals surface area contributed by atoms with E-state index in [2.05, 4.69) is 23.6 Å². The molecule has 2 N–H and O–H groups in total. The number of hydrogen-bond acceptors (Lipinski definition) is 6. The van der Waals surface area contributed by atoms with E-state index in [-0.39, 0.29) is 35.6 Å². The molecule has 2 aliphatic heterocycles. The third-order valence-corrected chi connectivity index (χ3v) is 6.68. The highest BCUT2D eigenvalue weighted by molar-refractivity contribution is 5.79. The maximum Gasteiger partial charge on any atom is 0.312 e. The van der Waals surface area contributed by atoms with Gasteiger partial charge in [-0.15, -0.1) is 0 Å². The molecule has 0 spiro atoms. The first-order valence-corrected chi connectivity index (χ1v) is 12.5. The Morgan fingerprint density at radius 3 is 2.30 bits per heavy atom. The predicted octanol–water partition coefficient (Wildman–Crippen LogP) is 4.16. The number of esters is 1. The molecular weight excluding hydrogens is 421 g/mol. The van der Waals surface area contributed by atoms with E-state index in [0.29, 0.717) is 0 Å². The quantitative estimate of drug-likeness (QED) is 0.525. The number of nitrogens with two attached hydrogens (primary N) is 1. The van der Waals surface area contributed by atoms with Crippen molar-refractivity contribution in [3.63, 3.8) is 0 Å². The summed E-state index contributed by atoms with van der Waals surface area (Å²) in [5.74, 6) is -0.106. The number of piperazine rings is 1. The van der Waals surface area contributed by atoms with Gasteiger partial charge < -0.3 is 15.4 Å². The summed E-state index contributed by atoms with van der Waals surface area (Å²) in [6, 6.07) is 6.76. The zero-order chi connectivity index (χ0) is 24.3. The van der Waals surface area contributed by atoms with E-state index in [1.165, 1.54) is 19.1 Å². The molecule has 2 fully saturated rings. The van der Waals surface area contributed by atoms with Gasteiger partial charge in [0, 0.05) is 44.8 Å². The minimum atomic E-state index is -0.225. The molecule has 1 aromatic rings. The largest absolute Gasteiger partial charge is 0.462 e. The fraction of sp³-hybridized carbons (Fsp3) is 0.692. The molecule has 0 aromatic heterocycles. The number of carbonyl (C=O) groups excluding carboxylic acids is 2. The minimum absolute atomic E-state index is 0.0324. The highest BCUT2D eigenvalue weighted by Crippen LogP contribution is 2.43. The highest BCUT2D eigenvalue weighted by Gasteiger charge is 2.47. The minimum Gasteiger partial charge on any atom is -0.462 e. The predicted molar refractivity (Wildman–Crippen MR) is 131 cm³/mol. The van der Waals surface area contributed by atoms with Gasteiger partial charge >= 0.3 is 5.97 Å². The van der Waals surface area contributed by atoms with Crippen LogP contribution in [0.3, 0.4) is 0 Å². The highest BCUT2D eigenvalue weighted by atomic mass is 19.1. The van der Waals surface area contributed by atoms with Crippen LogP contribution in [0.4, 0.5) is 10.1 Å². The van der Waals surface area contributed by atoms with Crippen molar-refractivity contribution in [2.24, 2.45) is 11.1 Å². The first-order valence-electron chi connectivity index (χ1n) is 12.5. The van der Waals surface area contributed by atoms with Gasteiger partial charge in [-0.1, -0.05) is 33.1 Å². The molecule has 0 aliphatic carbocycles. The smallest absolute Gasteiger partial charge is 0.312 e. The SMILES string of the molecule is CC(=O)CN.CCCCC1(CCC)CC(CCN2CCN(c3ccc(F)cc3)CC2)OC1=O. The first-order chi connectivity index (χ1) is 15.8. The molecule has 0 radical (unpaired) electrons. The van der Waals surface area contributed by atoms with E-state index in [4.69, 9.17) is 10.5 Å². The molecule has 0 amide bonds. The zero-order valence-electron chi connectivity index (χ0n) is 20.7. The topological polar surface area (TPSA) is 75.9 Å². The monoisotopic (exact) mass is 463 g/mol. The van der Waals surface area contributed by atoms with E-state index in [1.807, 2.05) is 12.1 Å². The molecule has 2 saturated heterocycles. The summed E-state index contributed by atoms with van der Waals surface area (Å²) in [6.07, 6.45) is 7.11. The molecule has 186 valence electrons. The third kappa shape index (κ3) is 8.38. The first kappa shape index (κ1) is 27.3. The van der Waals surface area contributed by atoms with Crippen molar-refractivity contribution < 1.29 is 18.7 Å². The zero-order valence-corrected chi connectivity index (χ0v) is 20.7. The van der Waals surface area contributed by atoms with Gasteiger partial charge in [-0.3, -0.25) is 14.5 Å². The van der Waals surface area contributed by atoms with Crippen LogP contribution in [0.15, 0.2) is 24.3 Å². The second-order valence-corrected chi connectivity index (χ2v) is 9.37. The number of benzene rings is 1. The lowest BCUT2D eigenvalue weighted by Crippen LogP contribution is -2.47. The van der Waals surface area contributed by atoms with Crippen LogP contribution < -0.4 is 10.6 Å². The Morgan fingerprint density at radius 2 is 1.76 bits per heavy atom. The molecule has 6 nitrogen and oxygen atoms in total. The van der Waals surface area contributed by atoms with Gasteiger partial charge in [0.1, 0.15) is 17.7 Å². The lowest BCUT2D eigenvalue weighted by Gasteiger charge is -2.36. The number of anilines is 1. The summed E-state index contributed by atoms with van der Waals surface area (Å²) in [5.41, 5.74) is 5.69. The maximum atomic E-state index is 13.1. The summed E-state index contributed by atoms with van der Waals surface area (Å²) in [6.45, 7) is 10.8. The molecule has 2 atom stereocenters. The summed E-state index contributed by atoms with van der Waals surface area (Å²) in [7, 11) is 0. The van der Waals surface area contributed by atoms with E-state index < -0.39 is 0 Å². The van der Waals surface area contributed by atoms with Gasteiger partial charge in [-0.05, 0) is 50.5 Å². The van der Waals surface area contributed by atoms with Crippen LogP contribution in [0.1, 0.15) is 65.7 Å². The molecule has 7 heteroatoms. The summed E-state index contributed by atoms with van der Waals surface area (Å²) in [5, 5.41) is 0. The third-order valence-electron chi connectivity index (χ3n) is 6.68. The Balaban J connectivity index is 0.000000696. The van der Waals surface area contributed by atoms with Crippen molar-refractivity contribution in [2.75, 3.05) is 44.2 Å². The molecular formula is C26H42FN3O3. The molecule has 2 aliphatic rings. The molecule has 33 heavy (non-hydrogen) atoms. The second-order valence-electron chi connectivity index (χ2n) is 9.37. The van der Waals surface area contributed by atoms with E-state index in [9.17, 15) is 14.0 Å². The molecule has 0 bridgehead atoms. The van der Waals surface area contributed by atoms with Crippen LogP contribution in [0.5, 0.6) is 0 Å². The fourth-order valence-corrected chi connectivity index (χ4v) is 4.73. The number of cyclic esters (lactones) is 1. The van der Waals surface area contributed by atoms with Crippen molar-refractivity contribution in [1.29, 1.82) is 0 Å². The molecule has 3 rings (SSSR count). The average Bonchev–Trinajstić information content (AvgIpc) is 3.13. The number of unbranched alkanes of at least 4 members (excludes halogenated alkanes) is 1. The fourth-order valence-electron chi connectivity index (χ4n) is 4.73. The van der Waals surface area contributed by atoms with Crippen molar-refractivity contribution in [1.82, 2.24) is 4.90 Å². The lowest BCUT2D eigenvalue weighted by atomic mass is 9.76. The summed E-state index contributed by atoms with van der Waals surface area (Å²) < 4.78 is 18.9. The van der Waals surface area contributed by atoms with Gasteiger partial charge in [0.2, 0.25) is 0 Å². The summed E-state index contributed by atoms with van der Waals surface area (Å²) >= 11 is 0. The summed E-state index contributed by atoms with van der Waals surface area (Å²) in [4.78, 5) is 27.1. The van der Waals surface area contributed by atoms with Crippen LogP contribution in [0.2, 0.25) is 0 Å². The van der Waals surface area contributed by atoms with Crippen LogP contribution >= 0.6 is 0 Å². The Labute approximate surface area is 198 Å². The van der Waals surface area contributed by atoms with Crippen LogP contribution in [-0.4, -0.2) is 62.0 Å².